The Bertz CT molecular complexity index is 271. The molecule has 2 nitrogen and oxygen atoms in total. The van der Waals surface area contributed by atoms with E-state index in [1.54, 1.807) is 7.11 Å². The smallest absolute Gasteiger partial charge is 0.0474 e. The summed E-state index contributed by atoms with van der Waals surface area (Å²) in [6.45, 7) is 6.33. The largest absolute Gasteiger partial charge is 0.385 e. The number of nitrogens with one attached hydrogen (secondary N) is 1. The molecule has 0 radical (unpaired) electrons. The first-order valence-corrected chi connectivity index (χ1v) is 6.03. The molecule has 0 amide bonds. The van der Waals surface area contributed by atoms with E-state index in [0.29, 0.717) is 12.0 Å². The highest BCUT2D eigenvalue weighted by Gasteiger charge is 2.13. The van der Waals surface area contributed by atoms with Crippen LogP contribution in [0.3, 0.4) is 0 Å². The van der Waals surface area contributed by atoms with Gasteiger partial charge in [-0.1, -0.05) is 44.2 Å². The molecule has 16 heavy (non-hydrogen) atoms. The maximum absolute atomic E-state index is 5.05. The Balaban J connectivity index is 2.49. The van der Waals surface area contributed by atoms with Gasteiger partial charge in [0.1, 0.15) is 0 Å². The predicted molar refractivity (Wildman–Crippen MR) is 68.5 cm³/mol. The maximum Gasteiger partial charge on any atom is 0.0474 e. The van der Waals surface area contributed by atoms with Crippen molar-refractivity contribution in [2.45, 2.75) is 26.3 Å². The monoisotopic (exact) mass is 221 g/mol. The zero-order valence-corrected chi connectivity index (χ0v) is 10.6. The van der Waals surface area contributed by atoms with Crippen molar-refractivity contribution in [1.29, 1.82) is 0 Å². The minimum absolute atomic E-state index is 0.443. The van der Waals surface area contributed by atoms with Gasteiger partial charge in [-0.2, -0.15) is 0 Å². The Labute approximate surface area is 99.0 Å². The minimum atomic E-state index is 0.443. The molecule has 0 aliphatic carbocycles. The van der Waals surface area contributed by atoms with Crippen LogP contribution in [0, 0.1) is 5.92 Å². The van der Waals surface area contributed by atoms with Crippen LogP contribution >= 0.6 is 0 Å². The van der Waals surface area contributed by atoms with E-state index < -0.39 is 0 Å². The van der Waals surface area contributed by atoms with E-state index in [1.807, 2.05) is 0 Å². The summed E-state index contributed by atoms with van der Waals surface area (Å²) in [4.78, 5) is 0. The first-order chi connectivity index (χ1) is 7.75. The van der Waals surface area contributed by atoms with Gasteiger partial charge in [0, 0.05) is 19.8 Å². The van der Waals surface area contributed by atoms with Crippen LogP contribution in [0.4, 0.5) is 0 Å². The zero-order valence-electron chi connectivity index (χ0n) is 10.6. The van der Waals surface area contributed by atoms with Gasteiger partial charge < -0.3 is 10.1 Å². The molecule has 0 bridgehead atoms. The Morgan fingerprint density at radius 2 is 1.88 bits per heavy atom. The minimum Gasteiger partial charge on any atom is -0.385 e. The number of ether oxygens (including phenoxy) is 1. The molecule has 0 aliphatic heterocycles. The van der Waals surface area contributed by atoms with Crippen LogP contribution in [0.25, 0.3) is 0 Å². The summed E-state index contributed by atoms with van der Waals surface area (Å²) in [5.74, 6) is 0.602. The molecular formula is C14H23NO. The Morgan fingerprint density at radius 3 is 2.44 bits per heavy atom. The topological polar surface area (TPSA) is 21.3 Å². The van der Waals surface area contributed by atoms with Crippen molar-refractivity contribution in [3.8, 4) is 0 Å². The standard InChI is InChI=1S/C14H23NO/c1-12(2)14(15-10-7-11-16-3)13-8-5-4-6-9-13/h4-6,8-9,12,14-15H,7,10-11H2,1-3H3. The predicted octanol–water partition coefficient (Wildman–Crippen LogP) is 3.01. The fourth-order valence-corrected chi connectivity index (χ4v) is 1.87. The van der Waals surface area contributed by atoms with Crippen molar-refractivity contribution in [2.75, 3.05) is 20.3 Å². The molecule has 0 spiro atoms. The van der Waals surface area contributed by atoms with Crippen LogP contribution < -0.4 is 5.32 Å². The van der Waals surface area contributed by atoms with Gasteiger partial charge in [-0.05, 0) is 24.4 Å². The Morgan fingerprint density at radius 1 is 1.19 bits per heavy atom. The van der Waals surface area contributed by atoms with E-state index >= 15 is 0 Å². The summed E-state index contributed by atoms with van der Waals surface area (Å²) >= 11 is 0. The summed E-state index contributed by atoms with van der Waals surface area (Å²) in [6.07, 6.45) is 1.06. The molecule has 0 heterocycles. The first kappa shape index (κ1) is 13.2. The Kier molecular flexibility index (Phi) is 6.12. The molecule has 0 aromatic heterocycles. The second kappa shape index (κ2) is 7.42. The van der Waals surface area contributed by atoms with Crippen LogP contribution in [0.5, 0.6) is 0 Å². The number of methoxy groups -OCH3 is 1. The van der Waals surface area contributed by atoms with E-state index in [2.05, 4.69) is 49.5 Å². The third-order valence-corrected chi connectivity index (χ3v) is 2.71. The fraction of sp³-hybridized carbons (Fsp3) is 0.571. The van der Waals surface area contributed by atoms with Gasteiger partial charge in [-0.15, -0.1) is 0 Å². The van der Waals surface area contributed by atoms with Crippen molar-refractivity contribution in [3.05, 3.63) is 35.9 Å². The van der Waals surface area contributed by atoms with Crippen LogP contribution in [-0.2, 0) is 4.74 Å². The van der Waals surface area contributed by atoms with Crippen LogP contribution in [0.2, 0.25) is 0 Å². The summed E-state index contributed by atoms with van der Waals surface area (Å²) in [7, 11) is 1.75. The number of rotatable bonds is 7. The summed E-state index contributed by atoms with van der Waals surface area (Å²) in [5, 5.41) is 3.59. The second-order valence-electron chi connectivity index (χ2n) is 4.43. The molecule has 90 valence electrons. The molecule has 0 fully saturated rings. The van der Waals surface area contributed by atoms with Gasteiger partial charge in [0.2, 0.25) is 0 Å². The van der Waals surface area contributed by atoms with Gasteiger partial charge >= 0.3 is 0 Å². The van der Waals surface area contributed by atoms with Gasteiger partial charge in [0.15, 0.2) is 0 Å². The average Bonchev–Trinajstić information content (AvgIpc) is 2.30. The van der Waals surface area contributed by atoms with Gasteiger partial charge in [0.25, 0.3) is 0 Å². The highest BCUT2D eigenvalue weighted by Crippen LogP contribution is 2.20. The lowest BCUT2D eigenvalue weighted by atomic mass is 9.96. The summed E-state index contributed by atoms with van der Waals surface area (Å²) in [5.41, 5.74) is 1.37. The SMILES string of the molecule is COCCCNC(c1ccccc1)C(C)C. The third kappa shape index (κ3) is 4.33. The Hall–Kier alpha value is -0.860. The molecule has 1 atom stereocenters. The van der Waals surface area contributed by atoms with E-state index in [9.17, 15) is 0 Å². The fourth-order valence-electron chi connectivity index (χ4n) is 1.87. The van der Waals surface area contributed by atoms with Gasteiger partial charge in [-0.3, -0.25) is 0 Å². The highest BCUT2D eigenvalue weighted by molar-refractivity contribution is 5.19. The lowest BCUT2D eigenvalue weighted by Crippen LogP contribution is -2.27. The molecule has 1 rings (SSSR count). The number of hydrogen-bond acceptors (Lipinski definition) is 2. The summed E-state index contributed by atoms with van der Waals surface area (Å²) in [6, 6.07) is 11.1. The lowest BCUT2D eigenvalue weighted by Gasteiger charge is -2.23. The van der Waals surface area contributed by atoms with Crippen molar-refractivity contribution >= 4 is 0 Å². The molecule has 2 heteroatoms. The molecule has 0 saturated carbocycles. The number of benzene rings is 1. The van der Waals surface area contributed by atoms with Gasteiger partial charge in [0.05, 0.1) is 0 Å². The lowest BCUT2D eigenvalue weighted by molar-refractivity contribution is 0.192. The van der Waals surface area contributed by atoms with Crippen molar-refractivity contribution in [1.82, 2.24) is 5.32 Å². The van der Waals surface area contributed by atoms with Crippen molar-refractivity contribution in [3.63, 3.8) is 0 Å². The second-order valence-corrected chi connectivity index (χ2v) is 4.43. The van der Waals surface area contributed by atoms with Crippen LogP contribution in [0.1, 0.15) is 31.9 Å². The first-order valence-electron chi connectivity index (χ1n) is 6.03. The van der Waals surface area contributed by atoms with E-state index in [0.717, 1.165) is 19.6 Å². The van der Waals surface area contributed by atoms with Crippen molar-refractivity contribution in [2.24, 2.45) is 5.92 Å². The molecule has 1 N–H and O–H groups in total. The molecule has 1 unspecified atom stereocenters. The maximum atomic E-state index is 5.05. The average molecular weight is 221 g/mol. The van der Waals surface area contributed by atoms with E-state index in [1.165, 1.54) is 5.56 Å². The van der Waals surface area contributed by atoms with E-state index in [-0.39, 0.29) is 0 Å². The van der Waals surface area contributed by atoms with Crippen molar-refractivity contribution < 1.29 is 4.74 Å². The van der Waals surface area contributed by atoms with Crippen LogP contribution in [-0.4, -0.2) is 20.3 Å². The highest BCUT2D eigenvalue weighted by atomic mass is 16.5. The normalized spacial score (nSPS) is 13.0. The van der Waals surface area contributed by atoms with Crippen LogP contribution in [0.15, 0.2) is 30.3 Å². The van der Waals surface area contributed by atoms with E-state index in [4.69, 9.17) is 4.74 Å². The number of hydrogen-bond donors (Lipinski definition) is 1. The molecule has 0 saturated heterocycles. The van der Waals surface area contributed by atoms with Gasteiger partial charge in [-0.25, -0.2) is 0 Å². The quantitative estimate of drug-likeness (QED) is 0.715. The molecule has 0 aliphatic rings. The zero-order chi connectivity index (χ0) is 11.8. The molecular weight excluding hydrogens is 198 g/mol. The summed E-state index contributed by atoms with van der Waals surface area (Å²) < 4.78 is 5.05. The molecule has 1 aromatic carbocycles. The third-order valence-electron chi connectivity index (χ3n) is 2.71. The molecule has 1 aromatic rings.